The van der Waals surface area contributed by atoms with Crippen LogP contribution < -0.4 is 4.90 Å². The fraction of sp³-hybridized carbons (Fsp3) is 0.680. The number of carboxylic acids is 1. The zero-order valence-electron chi connectivity index (χ0n) is 21.6. The molecule has 1 N–H and O–H groups in total. The summed E-state index contributed by atoms with van der Waals surface area (Å²) in [7, 11) is 0. The summed E-state index contributed by atoms with van der Waals surface area (Å²) in [4.78, 5) is 27.7. The lowest BCUT2D eigenvalue weighted by Gasteiger charge is -2.39. The van der Waals surface area contributed by atoms with Crippen molar-refractivity contribution in [3.8, 4) is 0 Å². The first-order valence-corrected chi connectivity index (χ1v) is 12.9. The molecule has 16 heteroatoms. The van der Waals surface area contributed by atoms with Crippen LogP contribution in [0.5, 0.6) is 0 Å². The summed E-state index contributed by atoms with van der Waals surface area (Å²) in [6.07, 6.45) is -20.7. The maximum absolute atomic E-state index is 13.7. The Bertz CT molecular complexity index is 1120. The van der Waals surface area contributed by atoms with Gasteiger partial charge in [-0.1, -0.05) is 0 Å². The molecule has 3 heterocycles. The number of nitrogens with zero attached hydrogens (tertiary/aromatic N) is 3. The molecule has 0 saturated carbocycles. The van der Waals surface area contributed by atoms with Crippen LogP contribution in [0.2, 0.25) is 0 Å². The van der Waals surface area contributed by atoms with Gasteiger partial charge in [-0.15, -0.1) is 0 Å². The van der Waals surface area contributed by atoms with Crippen LogP contribution in [0.4, 0.5) is 50.0 Å². The first kappa shape index (κ1) is 31.0. The van der Waals surface area contributed by atoms with E-state index in [-0.39, 0.29) is 44.7 Å². The van der Waals surface area contributed by atoms with Gasteiger partial charge in [0.25, 0.3) is 6.10 Å². The van der Waals surface area contributed by atoms with Crippen LogP contribution in [0.25, 0.3) is 0 Å². The number of hydrogen-bond acceptors (Lipinski definition) is 5. The van der Waals surface area contributed by atoms with E-state index in [0.717, 1.165) is 17.0 Å². The van der Waals surface area contributed by atoms with E-state index in [1.807, 2.05) is 4.90 Å². The predicted molar refractivity (Wildman–Crippen MR) is 125 cm³/mol. The van der Waals surface area contributed by atoms with Gasteiger partial charge in [0, 0.05) is 45.0 Å². The monoisotopic (exact) mass is 605 g/mol. The summed E-state index contributed by atoms with van der Waals surface area (Å²) in [6.45, 7) is 1.21. The van der Waals surface area contributed by atoms with Gasteiger partial charge in [-0.2, -0.15) is 39.5 Å². The van der Waals surface area contributed by atoms with Crippen molar-refractivity contribution in [2.75, 3.05) is 44.2 Å². The minimum atomic E-state index is -5.81. The van der Waals surface area contributed by atoms with Gasteiger partial charge < -0.3 is 19.6 Å². The third kappa shape index (κ3) is 7.30. The third-order valence-electron chi connectivity index (χ3n) is 8.03. The number of carboxylic acid groups (broad SMARTS) is 1. The SMILES string of the molecule is O=C(O)C1CCN(c2cc(CN3CCC4(CCN(C(=O)OC(C(F)(F)F)C(F)(F)F)CC4)C3)cc(C(F)(F)F)c2)C1. The molecule has 1 unspecified atom stereocenters. The highest BCUT2D eigenvalue weighted by atomic mass is 19.4. The molecule has 3 aliphatic rings. The molecule has 1 spiro atoms. The first-order valence-electron chi connectivity index (χ1n) is 12.9. The number of aliphatic carboxylic acids is 1. The number of alkyl halides is 9. The second-order valence-electron chi connectivity index (χ2n) is 11.0. The topological polar surface area (TPSA) is 73.3 Å². The van der Waals surface area contributed by atoms with E-state index in [1.165, 1.54) is 0 Å². The quantitative estimate of drug-likeness (QED) is 0.445. The largest absolute Gasteiger partial charge is 0.481 e. The number of piperidine rings is 1. The Labute approximate surface area is 228 Å². The molecule has 0 bridgehead atoms. The second-order valence-corrected chi connectivity index (χ2v) is 11.0. The van der Waals surface area contributed by atoms with Crippen LogP contribution in [0.1, 0.15) is 36.8 Å². The smallest absolute Gasteiger partial charge is 0.434 e. The molecule has 3 saturated heterocycles. The maximum atomic E-state index is 13.7. The molecule has 1 amide bonds. The number of carbonyl (C=O) groups excluding carboxylic acids is 1. The highest BCUT2D eigenvalue weighted by Crippen LogP contribution is 2.42. The van der Waals surface area contributed by atoms with Crippen molar-refractivity contribution in [3.63, 3.8) is 0 Å². The first-order chi connectivity index (χ1) is 18.9. The molecule has 4 rings (SSSR count). The van der Waals surface area contributed by atoms with Crippen molar-refractivity contribution in [1.29, 1.82) is 0 Å². The average molecular weight is 605 g/mol. The van der Waals surface area contributed by atoms with Gasteiger partial charge in [-0.25, -0.2) is 4.79 Å². The summed E-state index contributed by atoms with van der Waals surface area (Å²) < 4.78 is 121. The number of rotatable bonds is 5. The Balaban J connectivity index is 1.39. The highest BCUT2D eigenvalue weighted by molar-refractivity contribution is 5.72. The number of anilines is 1. The number of amides is 1. The molecule has 7 nitrogen and oxygen atoms in total. The molecular weight excluding hydrogens is 577 g/mol. The summed E-state index contributed by atoms with van der Waals surface area (Å²) in [6, 6.07) is 3.63. The van der Waals surface area contributed by atoms with E-state index >= 15 is 0 Å². The number of carbonyl (C=O) groups is 2. The van der Waals surface area contributed by atoms with E-state index in [0.29, 0.717) is 38.0 Å². The predicted octanol–water partition coefficient (Wildman–Crippen LogP) is 5.53. The van der Waals surface area contributed by atoms with Crippen molar-refractivity contribution in [2.45, 2.75) is 56.9 Å². The van der Waals surface area contributed by atoms with E-state index in [4.69, 9.17) is 0 Å². The second kappa shape index (κ2) is 11.1. The van der Waals surface area contributed by atoms with E-state index in [9.17, 15) is 54.2 Å². The molecule has 0 radical (unpaired) electrons. The number of hydrogen-bond donors (Lipinski definition) is 1. The van der Waals surface area contributed by atoms with E-state index in [1.54, 1.807) is 11.0 Å². The van der Waals surface area contributed by atoms with E-state index < -0.39 is 53.6 Å². The standard InChI is InChI=1S/C25H28F9N3O4/c26-23(27,28)17-9-15(10-18(11-17)37-5-1-16(13-37)19(38)39)12-35-6-2-22(14-35)3-7-36(8-4-22)21(40)41-20(24(29,30)31)25(32,33)34/h9-11,16,20H,1-8,12-14H2,(H,38,39). The lowest BCUT2D eigenvalue weighted by atomic mass is 9.78. The molecule has 0 aliphatic carbocycles. The summed E-state index contributed by atoms with van der Waals surface area (Å²) in [5.74, 6) is -1.69. The van der Waals surface area contributed by atoms with Crippen LogP contribution >= 0.6 is 0 Å². The van der Waals surface area contributed by atoms with Gasteiger partial charge in [-0.3, -0.25) is 9.69 Å². The van der Waals surface area contributed by atoms with Crippen molar-refractivity contribution in [2.24, 2.45) is 11.3 Å². The molecule has 1 aromatic rings. The summed E-state index contributed by atoms with van der Waals surface area (Å²) >= 11 is 0. The third-order valence-corrected chi connectivity index (χ3v) is 8.03. The molecule has 230 valence electrons. The molecule has 41 heavy (non-hydrogen) atoms. The summed E-state index contributed by atoms with van der Waals surface area (Å²) in [5.41, 5.74) is -0.619. The lowest BCUT2D eigenvalue weighted by Crippen LogP contribution is -2.50. The van der Waals surface area contributed by atoms with Crippen molar-refractivity contribution >= 4 is 17.7 Å². The molecule has 3 aliphatic heterocycles. The van der Waals surface area contributed by atoms with Crippen molar-refractivity contribution in [1.82, 2.24) is 9.80 Å². The Morgan fingerprint density at radius 2 is 1.54 bits per heavy atom. The zero-order chi connectivity index (χ0) is 30.4. The van der Waals surface area contributed by atoms with Crippen molar-refractivity contribution < 1.29 is 58.9 Å². The van der Waals surface area contributed by atoms with E-state index in [2.05, 4.69) is 4.74 Å². The van der Waals surface area contributed by atoms with Gasteiger partial charge >= 0.3 is 30.6 Å². The fourth-order valence-electron chi connectivity index (χ4n) is 5.80. The van der Waals surface area contributed by atoms with Gasteiger partial charge in [0.1, 0.15) is 0 Å². The fourth-order valence-corrected chi connectivity index (χ4v) is 5.80. The molecular formula is C25H28F9N3O4. The Kier molecular flexibility index (Phi) is 8.37. The molecule has 3 fully saturated rings. The number of likely N-dealkylation sites (tertiary alicyclic amines) is 2. The number of ether oxygens (including phenoxy) is 1. The van der Waals surface area contributed by atoms with Gasteiger partial charge in [-0.05, 0) is 61.4 Å². The van der Waals surface area contributed by atoms with Crippen LogP contribution in [0, 0.1) is 11.3 Å². The van der Waals surface area contributed by atoms with Gasteiger partial charge in [0.05, 0.1) is 11.5 Å². The highest BCUT2D eigenvalue weighted by Gasteiger charge is 2.60. The minimum absolute atomic E-state index is 0.0918. The normalized spacial score (nSPS) is 22.1. The number of halogens is 9. The Hall–Kier alpha value is -2.91. The zero-order valence-corrected chi connectivity index (χ0v) is 21.6. The molecule has 1 atom stereocenters. The van der Waals surface area contributed by atoms with Crippen LogP contribution in [-0.2, 0) is 22.3 Å². The lowest BCUT2D eigenvalue weighted by molar-refractivity contribution is -0.308. The maximum Gasteiger partial charge on any atom is 0.434 e. The Morgan fingerprint density at radius 1 is 0.927 bits per heavy atom. The molecule has 0 aromatic heterocycles. The minimum Gasteiger partial charge on any atom is -0.481 e. The van der Waals surface area contributed by atoms with Crippen LogP contribution in [0.15, 0.2) is 18.2 Å². The van der Waals surface area contributed by atoms with Crippen LogP contribution in [0.3, 0.4) is 0 Å². The Morgan fingerprint density at radius 3 is 2.07 bits per heavy atom. The van der Waals surface area contributed by atoms with Crippen LogP contribution in [-0.4, -0.2) is 84.7 Å². The van der Waals surface area contributed by atoms with Crippen molar-refractivity contribution in [3.05, 3.63) is 29.3 Å². The van der Waals surface area contributed by atoms with Gasteiger partial charge in [0.15, 0.2) is 0 Å². The molecule has 1 aromatic carbocycles. The van der Waals surface area contributed by atoms with Gasteiger partial charge in [0.2, 0.25) is 0 Å². The summed E-state index contributed by atoms with van der Waals surface area (Å²) in [5, 5.41) is 9.24. The average Bonchev–Trinajstić information content (AvgIpc) is 3.49. The number of benzene rings is 1.